The normalized spacial score (nSPS) is 10.9. The standard InChI is InChI=1S/C19H13Cl2N3O2S/c1-26-13-4-2-3-11(7-13)16-9-24-17(10-27-19(24)23-16)18(25)22-12-5-6-14(20)15(21)8-12/h2-10H,1H3,(H,22,25). The molecule has 0 saturated heterocycles. The fourth-order valence-corrected chi connectivity index (χ4v) is 3.79. The lowest BCUT2D eigenvalue weighted by atomic mass is 10.1. The Morgan fingerprint density at radius 3 is 2.81 bits per heavy atom. The van der Waals surface area contributed by atoms with Crippen LogP contribution in [0.2, 0.25) is 10.0 Å². The van der Waals surface area contributed by atoms with Crippen LogP contribution in [-0.2, 0) is 0 Å². The van der Waals surface area contributed by atoms with Gasteiger partial charge in [-0.05, 0) is 30.3 Å². The van der Waals surface area contributed by atoms with E-state index >= 15 is 0 Å². The number of carbonyl (C=O) groups excluding carboxylic acids is 1. The summed E-state index contributed by atoms with van der Waals surface area (Å²) in [5.41, 5.74) is 2.75. The number of benzene rings is 2. The number of fused-ring (bicyclic) bond motifs is 1. The van der Waals surface area contributed by atoms with Crippen molar-refractivity contribution in [2.45, 2.75) is 0 Å². The molecule has 0 aliphatic heterocycles. The molecule has 0 fully saturated rings. The van der Waals surface area contributed by atoms with Crippen molar-refractivity contribution in [1.82, 2.24) is 9.38 Å². The maximum Gasteiger partial charge on any atom is 0.273 e. The summed E-state index contributed by atoms with van der Waals surface area (Å²) < 4.78 is 7.03. The third-order valence-corrected chi connectivity index (χ3v) is 5.56. The molecule has 2 aromatic heterocycles. The quantitative estimate of drug-likeness (QED) is 0.467. The van der Waals surface area contributed by atoms with Crippen LogP contribution in [0.4, 0.5) is 5.69 Å². The number of nitrogens with zero attached hydrogens (tertiary/aromatic N) is 2. The predicted octanol–water partition coefficient (Wildman–Crippen LogP) is 5.63. The number of carbonyl (C=O) groups is 1. The highest BCUT2D eigenvalue weighted by atomic mass is 35.5. The molecule has 0 atom stereocenters. The highest BCUT2D eigenvalue weighted by molar-refractivity contribution is 7.15. The maximum atomic E-state index is 12.7. The molecular formula is C19H13Cl2N3O2S. The summed E-state index contributed by atoms with van der Waals surface area (Å²) in [5, 5.41) is 5.41. The zero-order valence-electron chi connectivity index (χ0n) is 14.1. The molecule has 2 heterocycles. The number of hydrogen-bond donors (Lipinski definition) is 1. The molecule has 0 saturated carbocycles. The lowest BCUT2D eigenvalue weighted by molar-refractivity contribution is 0.102. The number of nitrogens with one attached hydrogen (secondary N) is 1. The van der Waals surface area contributed by atoms with E-state index in [0.29, 0.717) is 21.4 Å². The van der Waals surface area contributed by atoms with Gasteiger partial charge in [-0.25, -0.2) is 4.98 Å². The minimum atomic E-state index is -0.255. The second-order valence-corrected chi connectivity index (χ2v) is 7.37. The Kier molecular flexibility index (Phi) is 4.78. The van der Waals surface area contributed by atoms with Gasteiger partial charge < -0.3 is 10.1 Å². The monoisotopic (exact) mass is 417 g/mol. The van der Waals surface area contributed by atoms with Crippen molar-refractivity contribution in [1.29, 1.82) is 0 Å². The van der Waals surface area contributed by atoms with E-state index in [-0.39, 0.29) is 5.91 Å². The Labute approximate surface area is 169 Å². The summed E-state index contributed by atoms with van der Waals surface area (Å²) in [4.78, 5) is 18.0. The van der Waals surface area contributed by atoms with Crippen LogP contribution in [0, 0.1) is 0 Å². The van der Waals surface area contributed by atoms with Crippen molar-refractivity contribution >= 4 is 51.1 Å². The van der Waals surface area contributed by atoms with Gasteiger partial charge in [0.15, 0.2) is 4.96 Å². The van der Waals surface area contributed by atoms with Crippen LogP contribution in [0.3, 0.4) is 0 Å². The van der Waals surface area contributed by atoms with Crippen molar-refractivity contribution < 1.29 is 9.53 Å². The Bertz CT molecular complexity index is 1150. The first-order valence-electron chi connectivity index (χ1n) is 7.92. The van der Waals surface area contributed by atoms with Gasteiger partial charge in [0.1, 0.15) is 11.4 Å². The lowest BCUT2D eigenvalue weighted by Gasteiger charge is -2.05. The molecule has 4 rings (SSSR count). The van der Waals surface area contributed by atoms with Crippen LogP contribution < -0.4 is 10.1 Å². The third kappa shape index (κ3) is 3.51. The van der Waals surface area contributed by atoms with Crippen LogP contribution in [0.1, 0.15) is 10.5 Å². The van der Waals surface area contributed by atoms with Crippen molar-refractivity contribution in [2.75, 3.05) is 12.4 Å². The van der Waals surface area contributed by atoms with Gasteiger partial charge in [0.25, 0.3) is 5.91 Å². The SMILES string of the molecule is COc1cccc(-c2cn3c(C(=O)Nc4ccc(Cl)c(Cl)c4)csc3n2)c1. The summed E-state index contributed by atoms with van der Waals surface area (Å²) in [7, 11) is 1.62. The van der Waals surface area contributed by atoms with Crippen LogP contribution in [0.15, 0.2) is 54.0 Å². The molecule has 1 N–H and O–H groups in total. The second kappa shape index (κ2) is 7.23. The number of imidazole rings is 1. The maximum absolute atomic E-state index is 12.7. The molecule has 27 heavy (non-hydrogen) atoms. The van der Waals surface area contributed by atoms with Gasteiger partial charge in [0.05, 0.1) is 22.8 Å². The second-order valence-electron chi connectivity index (χ2n) is 5.71. The number of ether oxygens (including phenoxy) is 1. The van der Waals surface area contributed by atoms with Gasteiger partial charge in [0, 0.05) is 22.8 Å². The summed E-state index contributed by atoms with van der Waals surface area (Å²) in [6, 6.07) is 12.6. The average molecular weight is 418 g/mol. The number of thiazole rings is 1. The van der Waals surface area contributed by atoms with Crippen LogP contribution >= 0.6 is 34.5 Å². The largest absolute Gasteiger partial charge is 0.497 e. The molecule has 0 aliphatic carbocycles. The summed E-state index contributed by atoms with van der Waals surface area (Å²) >= 11 is 13.3. The Balaban J connectivity index is 1.65. The topological polar surface area (TPSA) is 55.6 Å². The lowest BCUT2D eigenvalue weighted by Crippen LogP contribution is -2.13. The van der Waals surface area contributed by atoms with E-state index in [1.165, 1.54) is 11.3 Å². The highest BCUT2D eigenvalue weighted by Gasteiger charge is 2.16. The first-order valence-corrected chi connectivity index (χ1v) is 9.56. The molecule has 0 bridgehead atoms. The molecule has 8 heteroatoms. The summed E-state index contributed by atoms with van der Waals surface area (Å²) in [6.45, 7) is 0. The molecule has 0 spiro atoms. The van der Waals surface area contributed by atoms with Crippen molar-refractivity contribution in [3.05, 3.63) is 69.8 Å². The summed E-state index contributed by atoms with van der Waals surface area (Å²) in [5.74, 6) is 0.496. The van der Waals surface area contributed by atoms with Gasteiger partial charge in [-0.1, -0.05) is 35.3 Å². The van der Waals surface area contributed by atoms with Gasteiger partial charge in [-0.2, -0.15) is 0 Å². The summed E-state index contributed by atoms with van der Waals surface area (Å²) in [6.07, 6.45) is 1.84. The van der Waals surface area contributed by atoms with Crippen molar-refractivity contribution in [2.24, 2.45) is 0 Å². The Morgan fingerprint density at radius 2 is 2.04 bits per heavy atom. The molecule has 136 valence electrons. The van der Waals surface area contributed by atoms with E-state index in [1.54, 1.807) is 35.1 Å². The van der Waals surface area contributed by atoms with E-state index in [4.69, 9.17) is 27.9 Å². The van der Waals surface area contributed by atoms with Crippen LogP contribution in [0.5, 0.6) is 5.75 Å². The van der Waals surface area contributed by atoms with Crippen molar-refractivity contribution in [3.8, 4) is 17.0 Å². The number of aromatic nitrogens is 2. The first-order chi connectivity index (χ1) is 13.0. The number of hydrogen-bond acceptors (Lipinski definition) is 4. The van der Waals surface area contributed by atoms with Gasteiger partial charge in [0.2, 0.25) is 0 Å². The molecule has 0 aliphatic rings. The van der Waals surface area contributed by atoms with Gasteiger partial charge in [-0.15, -0.1) is 11.3 Å². The number of rotatable bonds is 4. The number of methoxy groups -OCH3 is 1. The van der Waals surface area contributed by atoms with E-state index in [2.05, 4.69) is 10.3 Å². The first kappa shape index (κ1) is 17.9. The number of anilines is 1. The predicted molar refractivity (Wildman–Crippen MR) is 109 cm³/mol. The van der Waals surface area contributed by atoms with E-state index < -0.39 is 0 Å². The number of amides is 1. The Morgan fingerprint density at radius 1 is 1.19 bits per heavy atom. The van der Waals surface area contributed by atoms with Gasteiger partial charge in [-0.3, -0.25) is 9.20 Å². The molecule has 4 aromatic rings. The van der Waals surface area contributed by atoms with Gasteiger partial charge >= 0.3 is 0 Å². The fraction of sp³-hybridized carbons (Fsp3) is 0.0526. The van der Waals surface area contributed by atoms with Crippen LogP contribution in [0.25, 0.3) is 16.2 Å². The minimum Gasteiger partial charge on any atom is -0.497 e. The molecule has 2 aromatic carbocycles. The fourth-order valence-electron chi connectivity index (χ4n) is 2.64. The smallest absolute Gasteiger partial charge is 0.273 e. The average Bonchev–Trinajstić information content (AvgIpc) is 3.25. The van der Waals surface area contributed by atoms with E-state index in [1.807, 2.05) is 30.5 Å². The van der Waals surface area contributed by atoms with Crippen LogP contribution in [-0.4, -0.2) is 22.4 Å². The molecular weight excluding hydrogens is 405 g/mol. The zero-order chi connectivity index (χ0) is 19.0. The molecule has 0 unspecified atom stereocenters. The molecule has 5 nitrogen and oxygen atoms in total. The third-order valence-electron chi connectivity index (χ3n) is 3.98. The zero-order valence-corrected chi connectivity index (χ0v) is 16.4. The molecule has 1 amide bonds. The Hall–Kier alpha value is -2.54. The number of halogens is 2. The van der Waals surface area contributed by atoms with E-state index in [0.717, 1.165) is 22.0 Å². The molecule has 0 radical (unpaired) electrons. The minimum absolute atomic E-state index is 0.255. The van der Waals surface area contributed by atoms with Crippen molar-refractivity contribution in [3.63, 3.8) is 0 Å². The van der Waals surface area contributed by atoms with E-state index in [9.17, 15) is 4.79 Å². The highest BCUT2D eigenvalue weighted by Crippen LogP contribution is 2.28.